The fourth-order valence-corrected chi connectivity index (χ4v) is 1.75. The number of phenolic OH excluding ortho intramolecular Hbond substituents is 2. The van der Waals surface area contributed by atoms with Crippen molar-refractivity contribution in [3.05, 3.63) is 59.7 Å². The molecular weight excluding hydrogens is 242 g/mol. The molecule has 0 spiro atoms. The predicted molar refractivity (Wildman–Crippen MR) is 72.3 cm³/mol. The summed E-state index contributed by atoms with van der Waals surface area (Å²) in [5.41, 5.74) is 1.29. The minimum absolute atomic E-state index is 0.130. The number of carbonyl (C=O) groups is 1. The number of benzene rings is 2. The highest BCUT2D eigenvalue weighted by Gasteiger charge is 2.05. The third-order valence-corrected chi connectivity index (χ3v) is 2.80. The Bertz CT molecular complexity index is 564. The van der Waals surface area contributed by atoms with Crippen molar-refractivity contribution < 1.29 is 15.0 Å². The van der Waals surface area contributed by atoms with Crippen molar-refractivity contribution in [3.63, 3.8) is 0 Å². The Balaban J connectivity index is 1.88. The lowest BCUT2D eigenvalue weighted by molar-refractivity contribution is 0.0954. The van der Waals surface area contributed by atoms with Gasteiger partial charge in [0.15, 0.2) is 0 Å². The van der Waals surface area contributed by atoms with Crippen LogP contribution in [0.5, 0.6) is 11.5 Å². The van der Waals surface area contributed by atoms with E-state index in [4.69, 9.17) is 5.11 Å². The normalized spacial score (nSPS) is 10.1. The van der Waals surface area contributed by atoms with Crippen LogP contribution in [0.4, 0.5) is 0 Å². The number of hydrogen-bond donors (Lipinski definition) is 3. The molecule has 0 saturated carbocycles. The summed E-state index contributed by atoms with van der Waals surface area (Å²) in [6.07, 6.45) is 0.566. The van der Waals surface area contributed by atoms with Crippen molar-refractivity contribution in [1.82, 2.24) is 5.32 Å². The molecule has 0 aliphatic carbocycles. The zero-order valence-electron chi connectivity index (χ0n) is 10.3. The average molecular weight is 257 g/mol. The van der Waals surface area contributed by atoms with Gasteiger partial charge in [-0.3, -0.25) is 4.79 Å². The number of amides is 1. The lowest BCUT2D eigenvalue weighted by atomic mass is 10.1. The first-order chi connectivity index (χ1) is 9.16. The summed E-state index contributed by atoms with van der Waals surface area (Å²) in [6, 6.07) is 13.1. The average Bonchev–Trinajstić information content (AvgIpc) is 2.41. The molecule has 0 aromatic heterocycles. The number of nitrogens with one attached hydrogen (secondary N) is 1. The zero-order valence-corrected chi connectivity index (χ0v) is 10.3. The fraction of sp³-hybridized carbons (Fsp3) is 0.133. The van der Waals surface area contributed by atoms with Crippen LogP contribution in [0.2, 0.25) is 0 Å². The number of hydrogen-bond acceptors (Lipinski definition) is 3. The van der Waals surface area contributed by atoms with E-state index in [1.807, 2.05) is 12.1 Å². The molecule has 19 heavy (non-hydrogen) atoms. The minimum Gasteiger partial charge on any atom is -0.508 e. The summed E-state index contributed by atoms with van der Waals surface area (Å²) < 4.78 is 0. The monoisotopic (exact) mass is 257 g/mol. The van der Waals surface area contributed by atoms with Gasteiger partial charge in [0, 0.05) is 12.1 Å². The van der Waals surface area contributed by atoms with E-state index in [0.717, 1.165) is 5.56 Å². The molecule has 0 fully saturated rings. The molecule has 0 saturated heterocycles. The van der Waals surface area contributed by atoms with E-state index < -0.39 is 0 Å². The largest absolute Gasteiger partial charge is 0.508 e. The van der Waals surface area contributed by atoms with Crippen LogP contribution in [0.25, 0.3) is 0 Å². The van der Waals surface area contributed by atoms with Crippen LogP contribution in [0.1, 0.15) is 15.9 Å². The van der Waals surface area contributed by atoms with Crippen molar-refractivity contribution in [3.8, 4) is 11.5 Å². The van der Waals surface area contributed by atoms with E-state index in [0.29, 0.717) is 18.5 Å². The van der Waals surface area contributed by atoms with Gasteiger partial charge in [-0.05, 0) is 42.3 Å². The van der Waals surface area contributed by atoms with Crippen LogP contribution < -0.4 is 5.32 Å². The van der Waals surface area contributed by atoms with Gasteiger partial charge < -0.3 is 15.5 Å². The maximum atomic E-state index is 11.8. The van der Waals surface area contributed by atoms with Gasteiger partial charge in [-0.1, -0.05) is 18.2 Å². The Morgan fingerprint density at radius 1 is 1.00 bits per heavy atom. The Hall–Kier alpha value is -2.49. The third kappa shape index (κ3) is 3.48. The SMILES string of the molecule is O=C(NCCc1ccccc1O)c1ccc(O)cc1. The van der Waals surface area contributed by atoms with Crippen LogP contribution in [0.3, 0.4) is 0 Å². The lowest BCUT2D eigenvalue weighted by Gasteiger charge is -2.06. The van der Waals surface area contributed by atoms with Gasteiger partial charge in [0.1, 0.15) is 11.5 Å². The molecule has 98 valence electrons. The molecule has 2 aromatic rings. The summed E-state index contributed by atoms with van der Waals surface area (Å²) in [5, 5.41) is 21.5. The van der Waals surface area contributed by atoms with Crippen LogP contribution in [0.15, 0.2) is 48.5 Å². The Labute approximate surface area is 111 Å². The van der Waals surface area contributed by atoms with E-state index >= 15 is 0 Å². The first kappa shape index (κ1) is 13.0. The van der Waals surface area contributed by atoms with Crippen LogP contribution in [0, 0.1) is 0 Å². The molecule has 3 N–H and O–H groups in total. The van der Waals surface area contributed by atoms with Gasteiger partial charge in [0.05, 0.1) is 0 Å². The lowest BCUT2D eigenvalue weighted by Crippen LogP contribution is -2.25. The molecule has 0 radical (unpaired) electrons. The number of aromatic hydroxyl groups is 2. The number of rotatable bonds is 4. The Kier molecular flexibility index (Phi) is 4.03. The number of para-hydroxylation sites is 1. The highest BCUT2D eigenvalue weighted by Crippen LogP contribution is 2.15. The fourth-order valence-electron chi connectivity index (χ4n) is 1.75. The van der Waals surface area contributed by atoms with Gasteiger partial charge in [-0.25, -0.2) is 0 Å². The van der Waals surface area contributed by atoms with E-state index in [1.165, 1.54) is 12.1 Å². The molecule has 2 aromatic carbocycles. The highest BCUT2D eigenvalue weighted by atomic mass is 16.3. The van der Waals surface area contributed by atoms with E-state index in [-0.39, 0.29) is 17.4 Å². The molecular formula is C15H15NO3. The standard InChI is InChI=1S/C15H15NO3/c17-13-7-5-12(6-8-13)15(19)16-10-9-11-3-1-2-4-14(11)18/h1-8,17-18H,9-10H2,(H,16,19). The molecule has 2 rings (SSSR count). The number of phenols is 2. The second kappa shape index (κ2) is 5.91. The van der Waals surface area contributed by atoms with Gasteiger partial charge in [-0.15, -0.1) is 0 Å². The van der Waals surface area contributed by atoms with Crippen molar-refractivity contribution in [1.29, 1.82) is 0 Å². The second-order valence-electron chi connectivity index (χ2n) is 4.18. The molecule has 0 unspecified atom stereocenters. The summed E-state index contributed by atoms with van der Waals surface area (Å²) in [4.78, 5) is 11.8. The topological polar surface area (TPSA) is 69.6 Å². The molecule has 0 aliphatic rings. The first-order valence-corrected chi connectivity index (χ1v) is 6.01. The van der Waals surface area contributed by atoms with Crippen molar-refractivity contribution in [2.45, 2.75) is 6.42 Å². The Morgan fingerprint density at radius 2 is 1.68 bits per heavy atom. The molecule has 4 nitrogen and oxygen atoms in total. The minimum atomic E-state index is -0.199. The van der Waals surface area contributed by atoms with Gasteiger partial charge in [0.25, 0.3) is 5.91 Å². The van der Waals surface area contributed by atoms with Crippen LogP contribution in [-0.2, 0) is 6.42 Å². The molecule has 0 aliphatic heterocycles. The molecule has 0 bridgehead atoms. The molecule has 4 heteroatoms. The van der Waals surface area contributed by atoms with Crippen LogP contribution >= 0.6 is 0 Å². The molecule has 0 atom stereocenters. The summed E-state index contributed by atoms with van der Waals surface area (Å²) in [6.45, 7) is 0.442. The highest BCUT2D eigenvalue weighted by molar-refractivity contribution is 5.94. The molecule has 0 heterocycles. The van der Waals surface area contributed by atoms with Gasteiger partial charge in [-0.2, -0.15) is 0 Å². The maximum absolute atomic E-state index is 11.8. The summed E-state index contributed by atoms with van der Waals surface area (Å²) in [7, 11) is 0. The second-order valence-corrected chi connectivity index (χ2v) is 4.18. The smallest absolute Gasteiger partial charge is 0.251 e. The third-order valence-electron chi connectivity index (χ3n) is 2.80. The zero-order chi connectivity index (χ0) is 13.7. The van der Waals surface area contributed by atoms with Crippen molar-refractivity contribution >= 4 is 5.91 Å². The summed E-state index contributed by atoms with van der Waals surface area (Å²) >= 11 is 0. The summed E-state index contributed by atoms with van der Waals surface area (Å²) in [5.74, 6) is 0.169. The van der Waals surface area contributed by atoms with Gasteiger partial charge >= 0.3 is 0 Å². The van der Waals surface area contributed by atoms with Crippen molar-refractivity contribution in [2.75, 3.05) is 6.54 Å². The van der Waals surface area contributed by atoms with Crippen molar-refractivity contribution in [2.24, 2.45) is 0 Å². The van der Waals surface area contributed by atoms with Gasteiger partial charge in [0.2, 0.25) is 0 Å². The van der Waals surface area contributed by atoms with Crippen LogP contribution in [-0.4, -0.2) is 22.7 Å². The van der Waals surface area contributed by atoms with E-state index in [9.17, 15) is 9.90 Å². The maximum Gasteiger partial charge on any atom is 0.251 e. The quantitative estimate of drug-likeness (QED) is 0.785. The first-order valence-electron chi connectivity index (χ1n) is 6.01. The van der Waals surface area contributed by atoms with E-state index in [2.05, 4.69) is 5.32 Å². The molecule has 1 amide bonds. The predicted octanol–water partition coefficient (Wildman–Crippen LogP) is 2.07. The Morgan fingerprint density at radius 3 is 2.37 bits per heavy atom. The number of carbonyl (C=O) groups excluding carboxylic acids is 1. The van der Waals surface area contributed by atoms with E-state index in [1.54, 1.807) is 24.3 Å².